The molecule has 0 atom stereocenters. The molecular weight excluding hydrogens is 306 g/mol. The molecule has 1 aromatic rings. The molecule has 1 rings (SSSR count). The second-order valence-electron chi connectivity index (χ2n) is 4.92. The third-order valence-corrected chi connectivity index (χ3v) is 2.35. The van der Waals surface area contributed by atoms with Crippen molar-refractivity contribution in [3.8, 4) is 11.5 Å². The number of nitrogens with one attached hydrogen (secondary N) is 1. The number of hydrogen-bond acceptors (Lipinski definition) is 4. The maximum Gasteiger partial charge on any atom is 0.387 e. The molecule has 0 aromatic heterocycles. The summed E-state index contributed by atoms with van der Waals surface area (Å²) >= 11 is 0. The summed E-state index contributed by atoms with van der Waals surface area (Å²) in [6.07, 6.45) is 0. The summed E-state index contributed by atoms with van der Waals surface area (Å²) in [7, 11) is 1.32. The minimum absolute atomic E-state index is 0. The number of hydrogen-bond donors (Lipinski definition) is 2. The van der Waals surface area contributed by atoms with Gasteiger partial charge in [-0.3, -0.25) is 4.79 Å². The van der Waals surface area contributed by atoms with Crippen LogP contribution in [0.25, 0.3) is 0 Å². The van der Waals surface area contributed by atoms with Gasteiger partial charge in [-0.05, 0) is 32.0 Å². The zero-order valence-electron chi connectivity index (χ0n) is 12.0. The van der Waals surface area contributed by atoms with Crippen LogP contribution in [0, 0.1) is 0 Å². The fraction of sp³-hybridized carbons (Fsp3) is 0.462. The van der Waals surface area contributed by atoms with Crippen molar-refractivity contribution in [2.45, 2.75) is 26.0 Å². The summed E-state index contributed by atoms with van der Waals surface area (Å²) in [5, 5.41) is 2.61. The standard InChI is InChI=1S/C13H18F2N2O3.ClH/c1-13(2,16)7-17-11(18)8-4-5-9(19-3)10(6-8)20-12(14)15;/h4-6,12H,7,16H2,1-3H3,(H,17,18);1H. The van der Waals surface area contributed by atoms with Crippen molar-refractivity contribution in [3.05, 3.63) is 23.8 Å². The van der Waals surface area contributed by atoms with Crippen molar-refractivity contribution in [1.82, 2.24) is 5.32 Å². The van der Waals surface area contributed by atoms with Crippen LogP contribution in [0.1, 0.15) is 24.2 Å². The van der Waals surface area contributed by atoms with E-state index in [9.17, 15) is 13.6 Å². The molecule has 0 heterocycles. The summed E-state index contributed by atoms with van der Waals surface area (Å²) in [6, 6.07) is 4.04. The molecule has 0 spiro atoms. The largest absolute Gasteiger partial charge is 0.493 e. The molecular formula is C13H19ClF2N2O3. The van der Waals surface area contributed by atoms with E-state index in [4.69, 9.17) is 10.5 Å². The van der Waals surface area contributed by atoms with Crippen LogP contribution in [-0.4, -0.2) is 31.7 Å². The van der Waals surface area contributed by atoms with Crippen molar-refractivity contribution in [3.63, 3.8) is 0 Å². The number of carbonyl (C=O) groups excluding carboxylic acids is 1. The SMILES string of the molecule is COc1ccc(C(=O)NCC(C)(C)N)cc1OC(F)F.Cl. The summed E-state index contributed by atoms with van der Waals surface area (Å²) < 4.78 is 33.8. The number of rotatable bonds is 6. The summed E-state index contributed by atoms with van der Waals surface area (Å²) in [6.45, 7) is 0.771. The molecule has 120 valence electrons. The van der Waals surface area contributed by atoms with Gasteiger partial charge in [0.05, 0.1) is 7.11 Å². The molecule has 8 heteroatoms. The molecule has 5 nitrogen and oxygen atoms in total. The van der Waals surface area contributed by atoms with Crippen molar-refractivity contribution in [2.75, 3.05) is 13.7 Å². The number of nitrogens with two attached hydrogens (primary N) is 1. The Hall–Kier alpha value is -1.60. The zero-order chi connectivity index (χ0) is 15.3. The molecule has 0 aliphatic carbocycles. The highest BCUT2D eigenvalue weighted by molar-refractivity contribution is 5.94. The lowest BCUT2D eigenvalue weighted by molar-refractivity contribution is -0.0512. The van der Waals surface area contributed by atoms with Crippen LogP contribution in [0.2, 0.25) is 0 Å². The van der Waals surface area contributed by atoms with E-state index < -0.39 is 18.1 Å². The first-order valence-corrected chi connectivity index (χ1v) is 5.93. The third kappa shape index (κ3) is 6.59. The van der Waals surface area contributed by atoms with Crippen LogP contribution in [0.4, 0.5) is 8.78 Å². The predicted molar refractivity (Wildman–Crippen MR) is 77.5 cm³/mol. The van der Waals surface area contributed by atoms with E-state index in [-0.39, 0.29) is 36.0 Å². The quantitative estimate of drug-likeness (QED) is 0.841. The van der Waals surface area contributed by atoms with Gasteiger partial charge in [0.1, 0.15) is 0 Å². The van der Waals surface area contributed by atoms with E-state index in [1.54, 1.807) is 13.8 Å². The second kappa shape index (κ2) is 7.99. The molecule has 3 N–H and O–H groups in total. The van der Waals surface area contributed by atoms with Gasteiger partial charge in [-0.25, -0.2) is 0 Å². The Kier molecular flexibility index (Phi) is 7.38. The molecule has 1 amide bonds. The van der Waals surface area contributed by atoms with Crippen LogP contribution in [0.3, 0.4) is 0 Å². The predicted octanol–water partition coefficient (Wildman–Crippen LogP) is 2.19. The van der Waals surface area contributed by atoms with E-state index in [0.717, 1.165) is 0 Å². The van der Waals surface area contributed by atoms with Crippen LogP contribution >= 0.6 is 12.4 Å². The molecule has 0 saturated heterocycles. The summed E-state index contributed by atoms with van der Waals surface area (Å²) in [4.78, 5) is 11.9. The number of alkyl halides is 2. The smallest absolute Gasteiger partial charge is 0.387 e. The maximum atomic E-state index is 12.3. The summed E-state index contributed by atoms with van der Waals surface area (Å²) in [5.41, 5.74) is 5.37. The highest BCUT2D eigenvalue weighted by atomic mass is 35.5. The van der Waals surface area contributed by atoms with E-state index in [1.165, 1.54) is 25.3 Å². The Balaban J connectivity index is 0.00000400. The lowest BCUT2D eigenvalue weighted by Gasteiger charge is -2.19. The van der Waals surface area contributed by atoms with Crippen LogP contribution in [0.15, 0.2) is 18.2 Å². The number of carbonyl (C=O) groups is 1. The molecule has 0 bridgehead atoms. The summed E-state index contributed by atoms with van der Waals surface area (Å²) in [5.74, 6) is -0.492. The topological polar surface area (TPSA) is 73.6 Å². The van der Waals surface area contributed by atoms with Crippen molar-refractivity contribution in [1.29, 1.82) is 0 Å². The minimum Gasteiger partial charge on any atom is -0.493 e. The average molecular weight is 325 g/mol. The number of benzene rings is 1. The number of halogens is 3. The Bertz CT molecular complexity index is 479. The molecule has 21 heavy (non-hydrogen) atoms. The second-order valence-corrected chi connectivity index (χ2v) is 4.92. The Morgan fingerprint density at radius 3 is 2.48 bits per heavy atom. The Morgan fingerprint density at radius 1 is 1.38 bits per heavy atom. The van der Waals surface area contributed by atoms with Crippen LogP contribution < -0.4 is 20.5 Å². The van der Waals surface area contributed by atoms with Gasteiger partial charge < -0.3 is 20.5 Å². The van der Waals surface area contributed by atoms with E-state index >= 15 is 0 Å². The normalized spacial score (nSPS) is 10.8. The molecule has 0 radical (unpaired) electrons. The first-order chi connectivity index (χ1) is 9.23. The van der Waals surface area contributed by atoms with E-state index in [2.05, 4.69) is 10.1 Å². The third-order valence-electron chi connectivity index (χ3n) is 2.35. The van der Waals surface area contributed by atoms with Gasteiger partial charge in [-0.15, -0.1) is 12.4 Å². The lowest BCUT2D eigenvalue weighted by Crippen LogP contribution is -2.45. The number of ether oxygens (including phenoxy) is 2. The van der Waals surface area contributed by atoms with Crippen molar-refractivity contribution in [2.24, 2.45) is 5.73 Å². The number of amides is 1. The average Bonchev–Trinajstić information content (AvgIpc) is 2.34. The van der Waals surface area contributed by atoms with Gasteiger partial charge in [0.25, 0.3) is 5.91 Å². The van der Waals surface area contributed by atoms with Crippen LogP contribution in [-0.2, 0) is 0 Å². The van der Waals surface area contributed by atoms with E-state index in [1.807, 2.05) is 0 Å². The van der Waals surface area contributed by atoms with Gasteiger partial charge in [0.15, 0.2) is 11.5 Å². The molecule has 0 aliphatic heterocycles. The molecule has 0 unspecified atom stereocenters. The van der Waals surface area contributed by atoms with Crippen molar-refractivity contribution >= 4 is 18.3 Å². The van der Waals surface area contributed by atoms with Gasteiger partial charge in [0.2, 0.25) is 0 Å². The molecule has 0 fully saturated rings. The first-order valence-electron chi connectivity index (χ1n) is 5.93. The fourth-order valence-corrected chi connectivity index (χ4v) is 1.42. The number of methoxy groups -OCH3 is 1. The first kappa shape index (κ1) is 19.4. The van der Waals surface area contributed by atoms with Gasteiger partial charge >= 0.3 is 6.61 Å². The van der Waals surface area contributed by atoms with Crippen LogP contribution in [0.5, 0.6) is 11.5 Å². The Morgan fingerprint density at radius 2 is 2.00 bits per heavy atom. The molecule has 0 aliphatic rings. The maximum absolute atomic E-state index is 12.3. The highest BCUT2D eigenvalue weighted by Crippen LogP contribution is 2.29. The highest BCUT2D eigenvalue weighted by Gasteiger charge is 2.16. The monoisotopic (exact) mass is 324 g/mol. The zero-order valence-corrected chi connectivity index (χ0v) is 12.8. The molecule has 1 aromatic carbocycles. The molecule has 0 saturated carbocycles. The van der Waals surface area contributed by atoms with Gasteiger partial charge in [-0.2, -0.15) is 8.78 Å². The van der Waals surface area contributed by atoms with Gasteiger partial charge in [-0.1, -0.05) is 0 Å². The van der Waals surface area contributed by atoms with E-state index in [0.29, 0.717) is 0 Å². The fourth-order valence-electron chi connectivity index (χ4n) is 1.42. The minimum atomic E-state index is -3.00. The lowest BCUT2D eigenvalue weighted by atomic mass is 10.1. The van der Waals surface area contributed by atoms with Gasteiger partial charge in [0, 0.05) is 17.6 Å². The Labute approximate surface area is 128 Å². The van der Waals surface area contributed by atoms with Crippen molar-refractivity contribution < 1.29 is 23.0 Å².